The van der Waals surface area contributed by atoms with Gasteiger partial charge in [-0.2, -0.15) is 0 Å². The smallest absolute Gasteiger partial charge is 0.255 e. The summed E-state index contributed by atoms with van der Waals surface area (Å²) in [6.45, 7) is 4.23. The van der Waals surface area contributed by atoms with Crippen molar-refractivity contribution in [2.75, 3.05) is 0 Å². The molecule has 0 aliphatic carbocycles. The van der Waals surface area contributed by atoms with E-state index in [1.165, 1.54) is 0 Å². The molecule has 0 amide bonds. The van der Waals surface area contributed by atoms with E-state index in [0.29, 0.717) is 5.92 Å². The summed E-state index contributed by atoms with van der Waals surface area (Å²) in [7, 11) is 0. The van der Waals surface area contributed by atoms with Crippen molar-refractivity contribution >= 4 is 0 Å². The van der Waals surface area contributed by atoms with Crippen molar-refractivity contribution in [3.8, 4) is 11.1 Å². The summed E-state index contributed by atoms with van der Waals surface area (Å²) < 4.78 is 0. The maximum Gasteiger partial charge on any atom is 0.255 e. The van der Waals surface area contributed by atoms with Gasteiger partial charge in [0.1, 0.15) is 0 Å². The minimum absolute atomic E-state index is 0.0319. The monoisotopic (exact) mass is 213 g/mol. The molecule has 16 heavy (non-hydrogen) atoms. The number of pyridine rings is 1. The van der Waals surface area contributed by atoms with Crippen LogP contribution in [0.2, 0.25) is 0 Å². The Morgan fingerprint density at radius 2 is 1.81 bits per heavy atom. The first kappa shape index (κ1) is 10.7. The number of H-pyrrole nitrogens is 1. The topological polar surface area (TPSA) is 32.9 Å². The van der Waals surface area contributed by atoms with Crippen molar-refractivity contribution in [2.24, 2.45) is 0 Å². The maximum absolute atomic E-state index is 11.7. The van der Waals surface area contributed by atoms with Crippen LogP contribution in [0, 0.1) is 0 Å². The molecule has 0 aliphatic rings. The van der Waals surface area contributed by atoms with E-state index in [-0.39, 0.29) is 5.56 Å². The molecule has 2 rings (SSSR count). The molecular formula is C14H15NO. The van der Waals surface area contributed by atoms with Gasteiger partial charge in [-0.3, -0.25) is 4.79 Å². The van der Waals surface area contributed by atoms with Crippen LogP contribution >= 0.6 is 0 Å². The molecule has 1 aromatic heterocycles. The predicted molar refractivity (Wildman–Crippen MR) is 66.6 cm³/mol. The molecule has 1 aromatic carbocycles. The van der Waals surface area contributed by atoms with E-state index in [1.54, 1.807) is 6.20 Å². The first-order valence-electron chi connectivity index (χ1n) is 5.46. The zero-order chi connectivity index (χ0) is 11.5. The Hall–Kier alpha value is -1.83. The normalized spacial score (nSPS) is 10.7. The van der Waals surface area contributed by atoms with Crippen molar-refractivity contribution in [3.05, 3.63) is 58.5 Å². The Morgan fingerprint density at radius 1 is 1.12 bits per heavy atom. The Labute approximate surface area is 95.0 Å². The highest BCUT2D eigenvalue weighted by Crippen LogP contribution is 2.19. The van der Waals surface area contributed by atoms with E-state index in [2.05, 4.69) is 18.8 Å². The van der Waals surface area contributed by atoms with E-state index in [1.807, 2.05) is 36.4 Å². The molecule has 0 bridgehead atoms. The van der Waals surface area contributed by atoms with Gasteiger partial charge in [-0.25, -0.2) is 0 Å². The molecule has 0 aliphatic heterocycles. The Bertz CT molecular complexity index is 526. The first-order valence-corrected chi connectivity index (χ1v) is 5.46. The quantitative estimate of drug-likeness (QED) is 0.816. The van der Waals surface area contributed by atoms with Crippen molar-refractivity contribution < 1.29 is 0 Å². The molecule has 2 nitrogen and oxygen atoms in total. The zero-order valence-electron chi connectivity index (χ0n) is 9.53. The number of aromatic nitrogens is 1. The van der Waals surface area contributed by atoms with Crippen LogP contribution in [0.3, 0.4) is 0 Å². The number of nitrogens with one attached hydrogen (secondary N) is 1. The molecule has 0 atom stereocenters. The fraction of sp³-hybridized carbons (Fsp3) is 0.214. The summed E-state index contributed by atoms with van der Waals surface area (Å²) in [6, 6.07) is 11.7. The average Bonchev–Trinajstić information content (AvgIpc) is 2.30. The van der Waals surface area contributed by atoms with Crippen LogP contribution in [0.15, 0.2) is 47.4 Å². The van der Waals surface area contributed by atoms with Gasteiger partial charge >= 0.3 is 0 Å². The maximum atomic E-state index is 11.7. The van der Waals surface area contributed by atoms with Crippen molar-refractivity contribution in [3.63, 3.8) is 0 Å². The van der Waals surface area contributed by atoms with Crippen LogP contribution in [0.4, 0.5) is 0 Å². The third kappa shape index (κ3) is 2.06. The third-order valence-electron chi connectivity index (χ3n) is 2.68. The molecule has 0 radical (unpaired) electrons. The standard InChI is InChI=1S/C14H15NO/c1-10(2)12-8-13(14(16)15-9-12)11-6-4-3-5-7-11/h3-10H,1-2H3,(H,15,16). The molecule has 0 saturated carbocycles. The van der Waals surface area contributed by atoms with Gasteiger partial charge in [-0.05, 0) is 23.1 Å². The van der Waals surface area contributed by atoms with E-state index in [9.17, 15) is 4.79 Å². The van der Waals surface area contributed by atoms with Gasteiger partial charge in [-0.15, -0.1) is 0 Å². The van der Waals surface area contributed by atoms with E-state index < -0.39 is 0 Å². The molecule has 1 heterocycles. The van der Waals surface area contributed by atoms with Crippen LogP contribution in [0.1, 0.15) is 25.3 Å². The van der Waals surface area contributed by atoms with Gasteiger partial charge in [0.15, 0.2) is 0 Å². The second-order valence-electron chi connectivity index (χ2n) is 4.20. The van der Waals surface area contributed by atoms with Gasteiger partial charge in [0.25, 0.3) is 5.56 Å². The Kier molecular flexibility index (Phi) is 2.91. The fourth-order valence-corrected chi connectivity index (χ4v) is 1.67. The first-order chi connectivity index (χ1) is 7.68. The molecule has 82 valence electrons. The lowest BCUT2D eigenvalue weighted by Gasteiger charge is -2.07. The molecule has 2 heteroatoms. The van der Waals surface area contributed by atoms with E-state index in [0.717, 1.165) is 16.7 Å². The lowest BCUT2D eigenvalue weighted by Crippen LogP contribution is -2.09. The van der Waals surface area contributed by atoms with Gasteiger partial charge in [0.05, 0.1) is 0 Å². The molecular weight excluding hydrogens is 198 g/mol. The van der Waals surface area contributed by atoms with Gasteiger partial charge in [0.2, 0.25) is 0 Å². The molecule has 0 unspecified atom stereocenters. The number of aromatic amines is 1. The van der Waals surface area contributed by atoms with E-state index in [4.69, 9.17) is 0 Å². The fourth-order valence-electron chi connectivity index (χ4n) is 1.67. The number of hydrogen-bond acceptors (Lipinski definition) is 1. The lowest BCUT2D eigenvalue weighted by molar-refractivity contribution is 0.856. The van der Waals surface area contributed by atoms with Crippen molar-refractivity contribution in [2.45, 2.75) is 19.8 Å². The Morgan fingerprint density at radius 3 is 2.44 bits per heavy atom. The van der Waals surface area contributed by atoms with Crippen LogP contribution in [0.5, 0.6) is 0 Å². The van der Waals surface area contributed by atoms with Gasteiger partial charge < -0.3 is 4.98 Å². The molecule has 1 N–H and O–H groups in total. The summed E-state index contributed by atoms with van der Waals surface area (Å²) in [5, 5.41) is 0. The molecule has 0 fully saturated rings. The third-order valence-corrected chi connectivity index (χ3v) is 2.68. The van der Waals surface area contributed by atoms with Gasteiger partial charge in [-0.1, -0.05) is 44.2 Å². The summed E-state index contributed by atoms with van der Waals surface area (Å²) in [4.78, 5) is 14.5. The summed E-state index contributed by atoms with van der Waals surface area (Å²) in [5.74, 6) is 0.416. The highest BCUT2D eigenvalue weighted by atomic mass is 16.1. The largest absolute Gasteiger partial charge is 0.328 e. The minimum Gasteiger partial charge on any atom is -0.328 e. The highest BCUT2D eigenvalue weighted by molar-refractivity contribution is 5.62. The number of hydrogen-bond donors (Lipinski definition) is 1. The Balaban J connectivity index is 2.56. The number of rotatable bonds is 2. The molecule has 2 aromatic rings. The predicted octanol–water partition coefficient (Wildman–Crippen LogP) is 3.17. The second-order valence-corrected chi connectivity index (χ2v) is 4.20. The SMILES string of the molecule is CC(C)c1c[nH]c(=O)c(-c2ccccc2)c1. The summed E-state index contributed by atoms with van der Waals surface area (Å²) in [6.07, 6.45) is 1.79. The number of benzene rings is 1. The summed E-state index contributed by atoms with van der Waals surface area (Å²) >= 11 is 0. The minimum atomic E-state index is -0.0319. The lowest BCUT2D eigenvalue weighted by atomic mass is 10.0. The molecule has 0 saturated heterocycles. The van der Waals surface area contributed by atoms with Crippen LogP contribution in [-0.2, 0) is 0 Å². The van der Waals surface area contributed by atoms with Crippen LogP contribution in [-0.4, -0.2) is 4.98 Å². The average molecular weight is 213 g/mol. The summed E-state index contributed by atoms with van der Waals surface area (Å²) in [5.41, 5.74) is 2.83. The zero-order valence-corrected chi connectivity index (χ0v) is 9.53. The molecule has 0 spiro atoms. The van der Waals surface area contributed by atoms with Crippen LogP contribution in [0.25, 0.3) is 11.1 Å². The van der Waals surface area contributed by atoms with Crippen LogP contribution < -0.4 is 5.56 Å². The van der Waals surface area contributed by atoms with E-state index >= 15 is 0 Å². The second kappa shape index (κ2) is 4.35. The highest BCUT2D eigenvalue weighted by Gasteiger charge is 2.06. The van der Waals surface area contributed by atoms with Gasteiger partial charge in [0, 0.05) is 11.8 Å². The van der Waals surface area contributed by atoms with Crippen molar-refractivity contribution in [1.82, 2.24) is 4.98 Å². The van der Waals surface area contributed by atoms with Crippen molar-refractivity contribution in [1.29, 1.82) is 0 Å².